The predicted molar refractivity (Wildman–Crippen MR) is 82.7 cm³/mol. The molecule has 4 fully saturated rings. The first-order valence-electron chi connectivity index (χ1n) is 9.18. The van der Waals surface area contributed by atoms with E-state index in [1.54, 1.807) is 0 Å². The topological polar surface area (TPSA) is 37.3 Å². The second kappa shape index (κ2) is 4.57. The van der Waals surface area contributed by atoms with Crippen molar-refractivity contribution in [3.63, 3.8) is 0 Å². The normalized spacial score (nSPS) is 56.5. The number of rotatable bonds is 0. The van der Waals surface area contributed by atoms with Crippen LogP contribution in [0, 0.1) is 34.5 Å². The van der Waals surface area contributed by atoms with E-state index in [-0.39, 0.29) is 11.5 Å². The van der Waals surface area contributed by atoms with Crippen LogP contribution in [0.15, 0.2) is 0 Å². The number of hydrogen-bond donors (Lipinski definition) is 1. The molecule has 0 aromatic rings. The summed E-state index contributed by atoms with van der Waals surface area (Å²) in [5.41, 5.74) is 0.328. The van der Waals surface area contributed by atoms with Crippen LogP contribution in [0.4, 0.5) is 0 Å². The van der Waals surface area contributed by atoms with Crippen LogP contribution in [0.5, 0.6) is 0 Å². The zero-order valence-electron chi connectivity index (χ0n) is 13.6. The fraction of sp³-hybridized carbons (Fsp3) is 0.947. The maximum Gasteiger partial charge on any atom is 0.139 e. The molecule has 0 radical (unpaired) electrons. The van der Waals surface area contributed by atoms with E-state index < -0.39 is 0 Å². The molecule has 21 heavy (non-hydrogen) atoms. The Balaban J connectivity index is 1.71. The van der Waals surface area contributed by atoms with E-state index in [0.29, 0.717) is 29.0 Å². The van der Waals surface area contributed by atoms with Crippen molar-refractivity contribution in [1.29, 1.82) is 0 Å². The predicted octanol–water partition coefficient (Wildman–Crippen LogP) is 3.96. The van der Waals surface area contributed by atoms with Gasteiger partial charge in [-0.15, -0.1) is 0 Å². The first-order chi connectivity index (χ1) is 9.97. The molecule has 0 aromatic heterocycles. The first-order valence-corrected chi connectivity index (χ1v) is 9.18. The summed E-state index contributed by atoms with van der Waals surface area (Å²) in [6, 6.07) is 0. The summed E-state index contributed by atoms with van der Waals surface area (Å²) in [5.74, 6) is 2.72. The molecule has 4 aliphatic carbocycles. The van der Waals surface area contributed by atoms with E-state index in [0.717, 1.165) is 31.6 Å². The van der Waals surface area contributed by atoms with Crippen molar-refractivity contribution in [3.05, 3.63) is 0 Å². The third-order valence-electron chi connectivity index (χ3n) is 8.31. The highest BCUT2D eigenvalue weighted by Crippen LogP contribution is 2.65. The lowest BCUT2D eigenvalue weighted by molar-refractivity contribution is -0.163. The van der Waals surface area contributed by atoms with Gasteiger partial charge in [0, 0.05) is 11.8 Å². The van der Waals surface area contributed by atoms with E-state index in [1.165, 1.54) is 32.1 Å². The number of carbonyl (C=O) groups excluding carboxylic acids is 1. The molecule has 0 heterocycles. The molecule has 0 spiro atoms. The van der Waals surface area contributed by atoms with E-state index in [9.17, 15) is 9.90 Å². The summed E-state index contributed by atoms with van der Waals surface area (Å²) >= 11 is 0. The lowest BCUT2D eigenvalue weighted by Gasteiger charge is -2.61. The second-order valence-corrected chi connectivity index (χ2v) is 8.96. The smallest absolute Gasteiger partial charge is 0.139 e. The van der Waals surface area contributed by atoms with Crippen LogP contribution in [-0.4, -0.2) is 17.0 Å². The Bertz CT molecular complexity index is 458. The highest BCUT2D eigenvalue weighted by atomic mass is 16.3. The van der Waals surface area contributed by atoms with Gasteiger partial charge in [0.15, 0.2) is 0 Å². The molecule has 0 saturated heterocycles. The highest BCUT2D eigenvalue weighted by Gasteiger charge is 2.61. The third-order valence-corrected chi connectivity index (χ3v) is 8.31. The molecule has 4 rings (SSSR count). The number of aliphatic hydroxyl groups is 1. The Hall–Kier alpha value is -0.370. The number of hydrogen-bond acceptors (Lipinski definition) is 2. The summed E-state index contributed by atoms with van der Waals surface area (Å²) in [5, 5.41) is 10.9. The van der Waals surface area contributed by atoms with Gasteiger partial charge in [-0.05, 0) is 67.6 Å². The van der Waals surface area contributed by atoms with Crippen LogP contribution in [0.25, 0.3) is 0 Å². The minimum absolute atomic E-state index is 0.111. The van der Waals surface area contributed by atoms with E-state index in [2.05, 4.69) is 13.8 Å². The van der Waals surface area contributed by atoms with Crippen molar-refractivity contribution in [2.24, 2.45) is 34.5 Å². The Kier molecular flexibility index (Phi) is 3.10. The van der Waals surface area contributed by atoms with Crippen LogP contribution < -0.4 is 0 Å². The van der Waals surface area contributed by atoms with Gasteiger partial charge in [0.2, 0.25) is 0 Å². The number of carbonyl (C=O) groups is 1. The van der Waals surface area contributed by atoms with Crippen molar-refractivity contribution in [1.82, 2.24) is 0 Å². The largest absolute Gasteiger partial charge is 0.393 e. The number of fused-ring (bicyclic) bond motifs is 5. The Labute approximate surface area is 128 Å². The molecule has 118 valence electrons. The van der Waals surface area contributed by atoms with Crippen molar-refractivity contribution < 1.29 is 9.90 Å². The molecule has 0 aliphatic heterocycles. The number of aliphatic hydroxyl groups excluding tert-OH is 1. The van der Waals surface area contributed by atoms with Crippen molar-refractivity contribution in [2.45, 2.75) is 77.7 Å². The quantitative estimate of drug-likeness (QED) is 0.733. The average molecular weight is 290 g/mol. The molecular formula is C19H30O2. The van der Waals surface area contributed by atoms with Crippen LogP contribution in [0.3, 0.4) is 0 Å². The summed E-state index contributed by atoms with van der Waals surface area (Å²) in [6.45, 7) is 4.71. The molecule has 7 atom stereocenters. The van der Waals surface area contributed by atoms with Crippen LogP contribution in [-0.2, 0) is 4.79 Å². The van der Waals surface area contributed by atoms with Gasteiger partial charge in [-0.25, -0.2) is 0 Å². The minimum Gasteiger partial charge on any atom is -0.393 e. The summed E-state index contributed by atoms with van der Waals surface area (Å²) in [7, 11) is 0. The zero-order chi connectivity index (χ0) is 14.8. The van der Waals surface area contributed by atoms with Crippen molar-refractivity contribution >= 4 is 5.78 Å². The maximum atomic E-state index is 12.4. The van der Waals surface area contributed by atoms with E-state index in [1.807, 2.05) is 0 Å². The Morgan fingerprint density at radius 2 is 1.86 bits per heavy atom. The monoisotopic (exact) mass is 290 g/mol. The molecule has 1 N–H and O–H groups in total. The standard InChI is InChI=1S/C19H30O2/c1-18-9-4-3-5-12(18)11-15(20)17-13-6-7-16(21)19(13,2)10-8-14(17)18/h12-15,17,20H,3-11H2,1-2H3. The fourth-order valence-corrected chi connectivity index (χ4v) is 7.03. The Morgan fingerprint density at radius 3 is 2.67 bits per heavy atom. The number of Topliss-reactive ketones (excluding diaryl/α,β-unsaturated/α-hetero) is 1. The lowest BCUT2D eigenvalue weighted by atomic mass is 9.44. The molecule has 2 nitrogen and oxygen atoms in total. The molecule has 2 heteroatoms. The van der Waals surface area contributed by atoms with Gasteiger partial charge in [0.1, 0.15) is 5.78 Å². The first kappa shape index (κ1) is 14.2. The fourth-order valence-electron chi connectivity index (χ4n) is 7.03. The van der Waals surface area contributed by atoms with Gasteiger partial charge < -0.3 is 5.11 Å². The van der Waals surface area contributed by atoms with Crippen molar-refractivity contribution in [3.8, 4) is 0 Å². The molecule has 7 unspecified atom stereocenters. The molecular weight excluding hydrogens is 260 g/mol. The van der Waals surface area contributed by atoms with Crippen LogP contribution in [0.2, 0.25) is 0 Å². The van der Waals surface area contributed by atoms with Crippen molar-refractivity contribution in [2.75, 3.05) is 0 Å². The van der Waals surface area contributed by atoms with Gasteiger partial charge >= 0.3 is 0 Å². The zero-order valence-corrected chi connectivity index (χ0v) is 13.6. The molecule has 4 saturated carbocycles. The summed E-state index contributed by atoms with van der Waals surface area (Å²) < 4.78 is 0. The van der Waals surface area contributed by atoms with Gasteiger partial charge in [0.25, 0.3) is 0 Å². The SMILES string of the molecule is CC12CCC3C(C(O)CC4CCCCC43C)C1CCC2=O. The van der Waals surface area contributed by atoms with Crippen LogP contribution >= 0.6 is 0 Å². The van der Waals surface area contributed by atoms with Gasteiger partial charge in [-0.1, -0.05) is 26.7 Å². The maximum absolute atomic E-state index is 12.4. The molecule has 0 bridgehead atoms. The molecule has 4 aliphatic rings. The minimum atomic E-state index is -0.151. The highest BCUT2D eigenvalue weighted by molar-refractivity contribution is 5.87. The lowest BCUT2D eigenvalue weighted by Crippen LogP contribution is -2.57. The summed E-state index contributed by atoms with van der Waals surface area (Å²) in [6.07, 6.45) is 10.3. The summed E-state index contributed by atoms with van der Waals surface area (Å²) in [4.78, 5) is 12.4. The third kappa shape index (κ3) is 1.77. The molecule has 0 aromatic carbocycles. The average Bonchev–Trinajstić information content (AvgIpc) is 2.76. The van der Waals surface area contributed by atoms with Gasteiger partial charge in [-0.2, -0.15) is 0 Å². The Morgan fingerprint density at radius 1 is 1.05 bits per heavy atom. The van der Waals surface area contributed by atoms with Gasteiger partial charge in [0.05, 0.1) is 6.10 Å². The van der Waals surface area contributed by atoms with Crippen LogP contribution in [0.1, 0.15) is 71.6 Å². The van der Waals surface area contributed by atoms with E-state index >= 15 is 0 Å². The van der Waals surface area contributed by atoms with E-state index in [4.69, 9.17) is 0 Å². The van der Waals surface area contributed by atoms with Gasteiger partial charge in [-0.3, -0.25) is 4.79 Å². The molecule has 0 amide bonds. The second-order valence-electron chi connectivity index (χ2n) is 8.96. The number of ketones is 1.